The largest absolute Gasteiger partial charge is 0.332 e. The number of aromatic nitrogens is 3. The average molecular weight is 329 g/mol. The lowest BCUT2D eigenvalue weighted by Gasteiger charge is -2.14. The molecule has 4 rings (SSSR count). The Bertz CT molecular complexity index is 971. The van der Waals surface area contributed by atoms with Crippen LogP contribution in [0.2, 0.25) is 0 Å². The standard InChI is InChI=1S/C19H15N5O/c20-9-18-21-13-24(22-18)12-19(25)23-10-16-7-6-15(8-17(16)11-23)14-4-2-1-3-5-14/h1-8,13H,10-12H2. The Balaban J connectivity index is 1.49. The van der Waals surface area contributed by atoms with Gasteiger partial charge >= 0.3 is 0 Å². The van der Waals surface area contributed by atoms with Gasteiger partial charge in [-0.1, -0.05) is 42.5 Å². The smallest absolute Gasteiger partial charge is 0.252 e. The molecule has 0 bridgehead atoms. The number of fused-ring (bicyclic) bond motifs is 1. The van der Waals surface area contributed by atoms with Crippen LogP contribution in [0.4, 0.5) is 0 Å². The number of rotatable bonds is 3. The Morgan fingerprint density at radius 1 is 1.08 bits per heavy atom. The number of nitriles is 1. The molecule has 6 nitrogen and oxygen atoms in total. The maximum atomic E-state index is 12.5. The number of carbonyl (C=O) groups excluding carboxylic acids is 1. The quantitative estimate of drug-likeness (QED) is 0.739. The van der Waals surface area contributed by atoms with Crippen molar-refractivity contribution in [1.82, 2.24) is 19.7 Å². The van der Waals surface area contributed by atoms with Gasteiger partial charge in [-0.05, 0) is 28.3 Å². The van der Waals surface area contributed by atoms with E-state index in [9.17, 15) is 4.79 Å². The van der Waals surface area contributed by atoms with E-state index in [0.717, 1.165) is 5.56 Å². The van der Waals surface area contributed by atoms with Gasteiger partial charge in [0.05, 0.1) is 0 Å². The molecular weight excluding hydrogens is 314 g/mol. The molecule has 0 unspecified atom stereocenters. The summed E-state index contributed by atoms with van der Waals surface area (Å²) >= 11 is 0. The SMILES string of the molecule is N#Cc1ncn(CC(=O)N2Cc3ccc(-c4ccccc4)cc3C2)n1. The van der Waals surface area contributed by atoms with Crippen molar-refractivity contribution in [3.8, 4) is 17.2 Å². The van der Waals surface area contributed by atoms with Crippen molar-refractivity contribution >= 4 is 5.91 Å². The summed E-state index contributed by atoms with van der Waals surface area (Å²) in [6.45, 7) is 1.28. The fourth-order valence-corrected chi connectivity index (χ4v) is 3.04. The number of carbonyl (C=O) groups is 1. The fraction of sp³-hybridized carbons (Fsp3) is 0.158. The van der Waals surface area contributed by atoms with Crippen LogP contribution in [-0.2, 0) is 24.4 Å². The summed E-state index contributed by atoms with van der Waals surface area (Å²) in [5.74, 6) is 0.0388. The van der Waals surface area contributed by atoms with Crippen molar-refractivity contribution in [2.45, 2.75) is 19.6 Å². The van der Waals surface area contributed by atoms with Crippen molar-refractivity contribution < 1.29 is 4.79 Å². The van der Waals surface area contributed by atoms with Gasteiger partial charge < -0.3 is 4.90 Å². The van der Waals surface area contributed by atoms with Crippen LogP contribution in [-0.4, -0.2) is 25.6 Å². The monoisotopic (exact) mass is 329 g/mol. The van der Waals surface area contributed by atoms with E-state index in [2.05, 4.69) is 40.4 Å². The van der Waals surface area contributed by atoms with E-state index in [-0.39, 0.29) is 18.3 Å². The fourth-order valence-electron chi connectivity index (χ4n) is 3.04. The second kappa shape index (κ2) is 6.21. The van der Waals surface area contributed by atoms with Crippen molar-refractivity contribution in [2.75, 3.05) is 0 Å². The van der Waals surface area contributed by atoms with E-state index in [0.29, 0.717) is 13.1 Å². The Kier molecular flexibility index (Phi) is 3.75. The molecule has 0 saturated carbocycles. The molecule has 25 heavy (non-hydrogen) atoms. The van der Waals surface area contributed by atoms with Gasteiger partial charge in [-0.2, -0.15) is 5.26 Å². The molecule has 0 N–H and O–H groups in total. The van der Waals surface area contributed by atoms with Crippen LogP contribution < -0.4 is 0 Å². The molecule has 1 aliphatic heterocycles. The first-order valence-electron chi connectivity index (χ1n) is 7.97. The highest BCUT2D eigenvalue weighted by Crippen LogP contribution is 2.28. The molecule has 1 amide bonds. The summed E-state index contributed by atoms with van der Waals surface area (Å²) in [5, 5.41) is 12.7. The summed E-state index contributed by atoms with van der Waals surface area (Å²) in [7, 11) is 0. The molecule has 0 fully saturated rings. The van der Waals surface area contributed by atoms with Gasteiger partial charge in [0.15, 0.2) is 0 Å². The molecule has 2 aromatic carbocycles. The third-order valence-electron chi connectivity index (χ3n) is 4.32. The van der Waals surface area contributed by atoms with Gasteiger partial charge in [0, 0.05) is 13.1 Å². The highest BCUT2D eigenvalue weighted by molar-refractivity contribution is 5.77. The average Bonchev–Trinajstić information content (AvgIpc) is 3.28. The minimum atomic E-state index is -0.0353. The molecule has 0 saturated heterocycles. The molecule has 0 aliphatic carbocycles. The zero-order valence-corrected chi connectivity index (χ0v) is 13.5. The summed E-state index contributed by atoms with van der Waals surface area (Å²) in [6, 6.07) is 18.4. The van der Waals surface area contributed by atoms with Crippen LogP contribution in [0, 0.1) is 11.3 Å². The van der Waals surface area contributed by atoms with E-state index in [4.69, 9.17) is 5.26 Å². The first kappa shape index (κ1) is 15.1. The van der Waals surface area contributed by atoms with Crippen LogP contribution >= 0.6 is 0 Å². The van der Waals surface area contributed by atoms with Gasteiger partial charge in [0.2, 0.25) is 5.91 Å². The van der Waals surface area contributed by atoms with Crippen LogP contribution in [0.15, 0.2) is 54.9 Å². The van der Waals surface area contributed by atoms with E-state index >= 15 is 0 Å². The predicted octanol–water partition coefficient (Wildman–Crippen LogP) is 2.36. The van der Waals surface area contributed by atoms with Gasteiger partial charge in [-0.15, -0.1) is 5.10 Å². The molecule has 0 spiro atoms. The number of nitrogens with zero attached hydrogens (tertiary/aromatic N) is 5. The van der Waals surface area contributed by atoms with Gasteiger partial charge in [0.1, 0.15) is 18.9 Å². The normalized spacial score (nSPS) is 12.7. The lowest BCUT2D eigenvalue weighted by Crippen LogP contribution is -2.29. The molecule has 0 radical (unpaired) electrons. The molecule has 6 heteroatoms. The minimum Gasteiger partial charge on any atom is -0.332 e. The van der Waals surface area contributed by atoms with Crippen molar-refractivity contribution in [3.05, 3.63) is 71.8 Å². The predicted molar refractivity (Wildman–Crippen MR) is 90.9 cm³/mol. The first-order chi connectivity index (χ1) is 12.2. The van der Waals surface area contributed by atoms with Gasteiger partial charge in [-0.3, -0.25) is 4.79 Å². The third kappa shape index (κ3) is 3.00. The van der Waals surface area contributed by atoms with Crippen molar-refractivity contribution in [2.24, 2.45) is 0 Å². The topological polar surface area (TPSA) is 74.8 Å². The van der Waals surface area contributed by atoms with E-state index in [1.54, 1.807) is 4.90 Å². The zero-order valence-electron chi connectivity index (χ0n) is 13.5. The minimum absolute atomic E-state index is 0.0353. The maximum absolute atomic E-state index is 12.5. The molecule has 1 aromatic heterocycles. The Hall–Kier alpha value is -3.46. The van der Waals surface area contributed by atoms with Crippen LogP contribution in [0.3, 0.4) is 0 Å². The molecule has 3 aromatic rings. The lowest BCUT2D eigenvalue weighted by atomic mass is 10.0. The molecular formula is C19H15N5O. The summed E-state index contributed by atoms with van der Waals surface area (Å²) < 4.78 is 1.40. The molecule has 122 valence electrons. The van der Waals surface area contributed by atoms with Crippen molar-refractivity contribution in [3.63, 3.8) is 0 Å². The van der Waals surface area contributed by atoms with Crippen molar-refractivity contribution in [1.29, 1.82) is 5.26 Å². The Morgan fingerprint density at radius 2 is 1.88 bits per heavy atom. The second-order valence-electron chi connectivity index (χ2n) is 5.98. The highest BCUT2D eigenvalue weighted by Gasteiger charge is 2.24. The summed E-state index contributed by atoms with van der Waals surface area (Å²) in [6.07, 6.45) is 1.41. The zero-order chi connectivity index (χ0) is 17.2. The maximum Gasteiger partial charge on any atom is 0.252 e. The number of benzene rings is 2. The number of hydrogen-bond donors (Lipinski definition) is 0. The van der Waals surface area contributed by atoms with Crippen LogP contribution in [0.1, 0.15) is 17.0 Å². The summed E-state index contributed by atoms with van der Waals surface area (Å²) in [4.78, 5) is 18.1. The highest BCUT2D eigenvalue weighted by atomic mass is 16.2. The molecule has 0 atom stereocenters. The number of hydrogen-bond acceptors (Lipinski definition) is 4. The third-order valence-corrected chi connectivity index (χ3v) is 4.32. The Morgan fingerprint density at radius 3 is 2.64 bits per heavy atom. The number of amides is 1. The molecule has 2 heterocycles. The van der Waals surface area contributed by atoms with E-state index < -0.39 is 0 Å². The Labute approximate surface area is 145 Å². The van der Waals surface area contributed by atoms with E-state index in [1.807, 2.05) is 24.3 Å². The van der Waals surface area contributed by atoms with Crippen LogP contribution in [0.5, 0.6) is 0 Å². The van der Waals surface area contributed by atoms with Gasteiger partial charge in [0.25, 0.3) is 5.82 Å². The second-order valence-corrected chi connectivity index (χ2v) is 5.98. The first-order valence-corrected chi connectivity index (χ1v) is 7.97. The van der Waals surface area contributed by atoms with Crippen LogP contribution in [0.25, 0.3) is 11.1 Å². The summed E-state index contributed by atoms with van der Waals surface area (Å²) in [5.41, 5.74) is 4.67. The lowest BCUT2D eigenvalue weighted by molar-refractivity contribution is -0.132. The van der Waals surface area contributed by atoms with E-state index in [1.165, 1.54) is 27.7 Å². The molecule has 1 aliphatic rings. The van der Waals surface area contributed by atoms with Gasteiger partial charge in [-0.25, -0.2) is 9.67 Å².